The van der Waals surface area contributed by atoms with Gasteiger partial charge in [0.25, 0.3) is 0 Å². The first-order chi connectivity index (χ1) is 14.4. The third-order valence-electron chi connectivity index (χ3n) is 6.43. The summed E-state index contributed by atoms with van der Waals surface area (Å²) in [5.41, 5.74) is 1.42. The zero-order valence-electron chi connectivity index (χ0n) is 17.2. The lowest BCUT2D eigenvalue weighted by Gasteiger charge is -2.37. The third-order valence-corrected chi connectivity index (χ3v) is 8.26. The smallest absolute Gasteiger partial charge is 0.243 e. The molecule has 2 heterocycles. The van der Waals surface area contributed by atoms with Crippen LogP contribution in [0.25, 0.3) is 0 Å². The second-order valence-electron chi connectivity index (χ2n) is 8.18. The number of carbonyl (C=O) groups is 1. The third kappa shape index (κ3) is 4.02. The number of carbonyl (C=O) groups excluding carboxylic acids is 1. The molecule has 0 aromatic heterocycles. The molecule has 30 heavy (non-hydrogen) atoms. The van der Waals surface area contributed by atoms with Gasteiger partial charge in [-0.05, 0) is 49.1 Å². The molecule has 4 rings (SSSR count). The van der Waals surface area contributed by atoms with E-state index in [4.69, 9.17) is 4.74 Å². The summed E-state index contributed by atoms with van der Waals surface area (Å²) >= 11 is 0. The molecule has 2 aliphatic rings. The number of hydrogen-bond acceptors (Lipinski definition) is 4. The largest absolute Gasteiger partial charge is 0.381 e. The van der Waals surface area contributed by atoms with Crippen LogP contribution in [-0.4, -0.2) is 44.9 Å². The van der Waals surface area contributed by atoms with Crippen LogP contribution in [0.1, 0.15) is 25.3 Å². The van der Waals surface area contributed by atoms with Crippen LogP contribution in [-0.2, 0) is 26.0 Å². The van der Waals surface area contributed by atoms with Crippen molar-refractivity contribution in [2.45, 2.75) is 31.1 Å². The molecule has 2 aromatic rings. The van der Waals surface area contributed by atoms with E-state index in [0.29, 0.717) is 32.6 Å². The molecule has 2 aromatic carbocycles. The fraction of sp³-hybridized carbons (Fsp3) is 0.435. The van der Waals surface area contributed by atoms with Crippen LogP contribution in [0.5, 0.6) is 0 Å². The van der Waals surface area contributed by atoms with E-state index in [1.54, 1.807) is 12.1 Å². The topological polar surface area (TPSA) is 75.7 Å². The molecule has 2 fully saturated rings. The molecule has 1 atom stereocenters. The quantitative estimate of drug-likeness (QED) is 0.793. The zero-order valence-corrected chi connectivity index (χ0v) is 18.0. The lowest BCUT2D eigenvalue weighted by Crippen LogP contribution is -2.42. The SMILES string of the molecule is CCc1ccc(S(=O)(=O)N2C[C@H](C(=O)Nc3ccccc3)C3(CCOCC3)C2)cc1. The minimum absolute atomic E-state index is 0.123. The highest BCUT2D eigenvalue weighted by Crippen LogP contribution is 2.46. The summed E-state index contributed by atoms with van der Waals surface area (Å²) in [7, 11) is -3.67. The molecule has 0 aliphatic carbocycles. The van der Waals surface area contributed by atoms with E-state index in [-0.39, 0.29) is 17.3 Å². The van der Waals surface area contributed by atoms with Gasteiger partial charge in [0.2, 0.25) is 15.9 Å². The first-order valence-electron chi connectivity index (χ1n) is 10.5. The Balaban J connectivity index is 1.60. The first-order valence-corrected chi connectivity index (χ1v) is 11.9. The van der Waals surface area contributed by atoms with Crippen LogP contribution < -0.4 is 5.32 Å². The molecule has 1 amide bonds. The fourth-order valence-corrected chi connectivity index (χ4v) is 6.10. The standard InChI is InChI=1S/C23H28N2O4S/c1-2-18-8-10-20(11-9-18)30(27,28)25-16-21(23(17-25)12-14-29-15-13-23)22(26)24-19-6-4-3-5-7-19/h3-11,21H,2,12-17H2,1H3,(H,24,26)/t21-/m1/s1. The van der Waals surface area contributed by atoms with Gasteiger partial charge in [0.05, 0.1) is 10.8 Å². The number of benzene rings is 2. The van der Waals surface area contributed by atoms with Gasteiger partial charge >= 0.3 is 0 Å². The van der Waals surface area contributed by atoms with Crippen LogP contribution >= 0.6 is 0 Å². The molecule has 0 bridgehead atoms. The fourth-order valence-electron chi connectivity index (χ4n) is 4.55. The number of para-hydroxylation sites is 1. The molecule has 160 valence electrons. The summed E-state index contributed by atoms with van der Waals surface area (Å²) < 4.78 is 33.7. The van der Waals surface area contributed by atoms with Crippen LogP contribution in [0.4, 0.5) is 5.69 Å². The number of aryl methyl sites for hydroxylation is 1. The van der Waals surface area contributed by atoms with Gasteiger partial charge in [0.15, 0.2) is 0 Å². The van der Waals surface area contributed by atoms with Crippen molar-refractivity contribution < 1.29 is 17.9 Å². The number of nitrogens with zero attached hydrogens (tertiary/aromatic N) is 1. The number of hydrogen-bond donors (Lipinski definition) is 1. The Bertz CT molecular complexity index is 984. The number of anilines is 1. The molecule has 1 spiro atoms. The van der Waals surface area contributed by atoms with Gasteiger partial charge in [-0.3, -0.25) is 4.79 Å². The predicted molar refractivity (Wildman–Crippen MR) is 116 cm³/mol. The summed E-state index contributed by atoms with van der Waals surface area (Å²) in [6, 6.07) is 16.4. The molecule has 0 radical (unpaired) electrons. The molecule has 7 heteroatoms. The number of rotatable bonds is 5. The normalized spacial score (nSPS) is 21.6. The maximum atomic E-state index is 13.3. The Morgan fingerprint density at radius 2 is 1.77 bits per heavy atom. The van der Waals surface area contributed by atoms with Crippen molar-refractivity contribution in [1.29, 1.82) is 0 Å². The molecule has 0 saturated carbocycles. The van der Waals surface area contributed by atoms with Crippen molar-refractivity contribution >= 4 is 21.6 Å². The minimum atomic E-state index is -3.67. The van der Waals surface area contributed by atoms with Crippen molar-refractivity contribution in [2.75, 3.05) is 31.6 Å². The highest BCUT2D eigenvalue weighted by Gasteiger charge is 2.53. The summed E-state index contributed by atoms with van der Waals surface area (Å²) in [6.45, 7) is 3.68. The van der Waals surface area contributed by atoms with E-state index in [9.17, 15) is 13.2 Å². The maximum absolute atomic E-state index is 13.3. The summed E-state index contributed by atoms with van der Waals surface area (Å²) in [5, 5.41) is 2.98. The van der Waals surface area contributed by atoms with E-state index in [2.05, 4.69) is 5.32 Å². The van der Waals surface area contributed by atoms with Crippen LogP contribution in [0.15, 0.2) is 59.5 Å². The van der Waals surface area contributed by atoms with Gasteiger partial charge in [-0.25, -0.2) is 8.42 Å². The zero-order chi connectivity index (χ0) is 21.2. The summed E-state index contributed by atoms with van der Waals surface area (Å²) in [5.74, 6) is -0.534. The van der Waals surface area contributed by atoms with Crippen molar-refractivity contribution in [3.63, 3.8) is 0 Å². The van der Waals surface area contributed by atoms with Crippen LogP contribution in [0.3, 0.4) is 0 Å². The average Bonchev–Trinajstić information content (AvgIpc) is 3.14. The second-order valence-corrected chi connectivity index (χ2v) is 10.1. The lowest BCUT2D eigenvalue weighted by atomic mass is 9.72. The first kappa shape index (κ1) is 21.0. The Kier molecular flexibility index (Phi) is 5.95. The number of ether oxygens (including phenoxy) is 1. The lowest BCUT2D eigenvalue weighted by molar-refractivity contribution is -0.124. The molecule has 0 unspecified atom stereocenters. The van der Waals surface area contributed by atoms with E-state index < -0.39 is 21.4 Å². The van der Waals surface area contributed by atoms with E-state index in [0.717, 1.165) is 17.7 Å². The van der Waals surface area contributed by atoms with Crippen LogP contribution in [0.2, 0.25) is 0 Å². The molecule has 2 saturated heterocycles. The number of nitrogens with one attached hydrogen (secondary N) is 1. The Labute approximate surface area is 178 Å². The average molecular weight is 429 g/mol. The minimum Gasteiger partial charge on any atom is -0.381 e. The number of sulfonamides is 1. The maximum Gasteiger partial charge on any atom is 0.243 e. The summed E-state index contributed by atoms with van der Waals surface area (Å²) in [6.07, 6.45) is 2.22. The van der Waals surface area contributed by atoms with Crippen molar-refractivity contribution in [2.24, 2.45) is 11.3 Å². The molecular weight excluding hydrogens is 400 g/mol. The predicted octanol–water partition coefficient (Wildman–Crippen LogP) is 3.31. The van der Waals surface area contributed by atoms with Gasteiger partial charge in [-0.2, -0.15) is 4.31 Å². The van der Waals surface area contributed by atoms with E-state index in [1.807, 2.05) is 49.4 Å². The highest BCUT2D eigenvalue weighted by atomic mass is 32.2. The van der Waals surface area contributed by atoms with E-state index >= 15 is 0 Å². The van der Waals surface area contributed by atoms with Gasteiger partial charge in [-0.15, -0.1) is 0 Å². The Morgan fingerprint density at radius 3 is 2.40 bits per heavy atom. The van der Waals surface area contributed by atoms with Gasteiger partial charge in [0.1, 0.15) is 0 Å². The number of amides is 1. The molecule has 2 aliphatic heterocycles. The molecular formula is C23H28N2O4S. The van der Waals surface area contributed by atoms with Gasteiger partial charge < -0.3 is 10.1 Å². The van der Waals surface area contributed by atoms with Crippen LogP contribution in [0, 0.1) is 11.3 Å². The second kappa shape index (κ2) is 8.49. The van der Waals surface area contributed by atoms with Gasteiger partial charge in [0, 0.05) is 37.4 Å². The molecule has 1 N–H and O–H groups in total. The molecule has 6 nitrogen and oxygen atoms in total. The van der Waals surface area contributed by atoms with Crippen molar-refractivity contribution in [3.8, 4) is 0 Å². The Morgan fingerprint density at radius 1 is 1.10 bits per heavy atom. The monoisotopic (exact) mass is 428 g/mol. The van der Waals surface area contributed by atoms with E-state index in [1.165, 1.54) is 4.31 Å². The van der Waals surface area contributed by atoms with Crippen molar-refractivity contribution in [3.05, 3.63) is 60.2 Å². The highest BCUT2D eigenvalue weighted by molar-refractivity contribution is 7.89. The Hall–Kier alpha value is -2.22. The van der Waals surface area contributed by atoms with Gasteiger partial charge in [-0.1, -0.05) is 37.3 Å². The summed E-state index contributed by atoms with van der Waals surface area (Å²) in [4.78, 5) is 13.5. The van der Waals surface area contributed by atoms with Crippen molar-refractivity contribution in [1.82, 2.24) is 4.31 Å².